The number of hydrogen-bond donors (Lipinski definition) is 1. The minimum Gasteiger partial charge on any atom is -0.350 e. The second kappa shape index (κ2) is 13.2. The molecule has 1 N–H and O–H groups in total. The van der Waals surface area contributed by atoms with Gasteiger partial charge in [0, 0.05) is 57.4 Å². The van der Waals surface area contributed by atoms with E-state index in [1.165, 1.54) is 0 Å². The SMILES string of the molecule is CN(C)[C@H](CCC(=O)N1CCCC1)C(=O)N1C[C@H](Cc2cccnc2)C[C@H]1C(=O)NCc1ccc2c(c1)c(Cl)nn2C. The van der Waals surface area contributed by atoms with Crippen molar-refractivity contribution in [2.24, 2.45) is 13.0 Å². The molecule has 0 unspecified atom stereocenters. The van der Waals surface area contributed by atoms with E-state index >= 15 is 0 Å². The average Bonchev–Trinajstić information content (AvgIpc) is 3.72. The van der Waals surface area contributed by atoms with Gasteiger partial charge in [0.2, 0.25) is 17.7 Å². The third-order valence-electron chi connectivity index (χ3n) is 8.56. The summed E-state index contributed by atoms with van der Waals surface area (Å²) in [5, 5.41) is 8.58. The lowest BCUT2D eigenvalue weighted by molar-refractivity contribution is -0.142. The van der Waals surface area contributed by atoms with Gasteiger partial charge in [0.05, 0.1) is 11.6 Å². The van der Waals surface area contributed by atoms with Crippen LogP contribution in [0.3, 0.4) is 0 Å². The zero-order valence-electron chi connectivity index (χ0n) is 24.6. The zero-order valence-corrected chi connectivity index (χ0v) is 25.4. The maximum absolute atomic E-state index is 14.0. The lowest BCUT2D eigenvalue weighted by atomic mass is 9.97. The van der Waals surface area contributed by atoms with E-state index in [0.717, 1.165) is 54.4 Å². The van der Waals surface area contributed by atoms with Gasteiger partial charge in [-0.25, -0.2) is 0 Å². The van der Waals surface area contributed by atoms with E-state index in [-0.39, 0.29) is 23.6 Å². The first-order chi connectivity index (χ1) is 20.2. The van der Waals surface area contributed by atoms with Crippen LogP contribution in [0, 0.1) is 5.92 Å². The summed E-state index contributed by atoms with van der Waals surface area (Å²) < 4.78 is 1.73. The Morgan fingerprint density at radius 2 is 1.93 bits per heavy atom. The molecule has 0 bridgehead atoms. The fourth-order valence-electron chi connectivity index (χ4n) is 6.28. The van der Waals surface area contributed by atoms with Crippen LogP contribution in [0.2, 0.25) is 5.15 Å². The van der Waals surface area contributed by atoms with Crippen molar-refractivity contribution in [1.29, 1.82) is 0 Å². The molecule has 2 aliphatic heterocycles. The zero-order chi connectivity index (χ0) is 29.8. The van der Waals surface area contributed by atoms with Gasteiger partial charge < -0.3 is 15.1 Å². The number of nitrogens with zero attached hydrogens (tertiary/aromatic N) is 6. The third-order valence-corrected chi connectivity index (χ3v) is 8.84. The second-order valence-electron chi connectivity index (χ2n) is 11.8. The molecule has 3 aromatic rings. The van der Waals surface area contributed by atoms with Crippen LogP contribution in [0.4, 0.5) is 0 Å². The van der Waals surface area contributed by atoms with E-state index in [9.17, 15) is 14.4 Å². The van der Waals surface area contributed by atoms with Crippen LogP contribution in [-0.2, 0) is 34.4 Å². The van der Waals surface area contributed by atoms with Gasteiger partial charge in [-0.05, 0) is 81.4 Å². The van der Waals surface area contributed by atoms with Gasteiger partial charge in [-0.2, -0.15) is 5.10 Å². The first-order valence-electron chi connectivity index (χ1n) is 14.7. The van der Waals surface area contributed by atoms with Crippen LogP contribution >= 0.6 is 11.6 Å². The molecule has 0 aliphatic carbocycles. The van der Waals surface area contributed by atoms with Gasteiger partial charge >= 0.3 is 0 Å². The summed E-state index contributed by atoms with van der Waals surface area (Å²) in [5.74, 6) is -0.0665. The summed E-state index contributed by atoms with van der Waals surface area (Å²) in [6.07, 6.45) is 7.69. The predicted molar refractivity (Wildman–Crippen MR) is 162 cm³/mol. The van der Waals surface area contributed by atoms with Gasteiger partial charge in [-0.3, -0.25) is 28.9 Å². The number of carbonyl (C=O) groups is 3. The molecular formula is C31H40ClN7O3. The standard InChI is InChI=1S/C31H40ClN7O3/c1-36(2)26(10-11-28(40)38-13-4-5-14-38)31(42)39-20-23(15-21-7-6-12-33-18-21)17-27(39)30(41)34-19-22-8-9-25-24(16-22)29(32)35-37(25)3/h6-9,12,16,18,23,26-27H,4-5,10-11,13-15,17,19-20H2,1-3H3,(H,34,41)/t23-,26-,27+/m1/s1. The number of halogens is 1. The van der Waals surface area contributed by atoms with Gasteiger partial charge in [0.25, 0.3) is 0 Å². The number of aryl methyl sites for hydroxylation is 1. The Bertz CT molecular complexity index is 1420. The van der Waals surface area contributed by atoms with E-state index in [2.05, 4.69) is 15.4 Å². The fourth-order valence-corrected chi connectivity index (χ4v) is 6.55. The van der Waals surface area contributed by atoms with Crippen molar-refractivity contribution in [2.75, 3.05) is 33.7 Å². The van der Waals surface area contributed by atoms with Gasteiger partial charge in [0.1, 0.15) is 6.04 Å². The lowest BCUT2D eigenvalue weighted by Crippen LogP contribution is -2.52. The molecule has 3 amide bonds. The molecule has 5 rings (SSSR count). The maximum Gasteiger partial charge on any atom is 0.243 e. The molecule has 0 radical (unpaired) electrons. The average molecular weight is 594 g/mol. The second-order valence-corrected chi connectivity index (χ2v) is 12.1. The molecule has 3 atom stereocenters. The molecule has 11 heteroatoms. The normalized spacial score (nSPS) is 19.5. The topological polar surface area (TPSA) is 104 Å². The molecule has 2 aliphatic rings. The van der Waals surface area contributed by atoms with Crippen LogP contribution in [0.25, 0.3) is 10.9 Å². The molecule has 224 valence electrons. The summed E-state index contributed by atoms with van der Waals surface area (Å²) >= 11 is 6.29. The Labute approximate surface area is 252 Å². The number of likely N-dealkylation sites (N-methyl/N-ethyl adjacent to an activating group) is 1. The highest BCUT2D eigenvalue weighted by atomic mass is 35.5. The molecule has 2 aromatic heterocycles. The van der Waals surface area contributed by atoms with Crippen LogP contribution in [0.15, 0.2) is 42.7 Å². The first-order valence-corrected chi connectivity index (χ1v) is 15.1. The smallest absolute Gasteiger partial charge is 0.243 e. The Hall–Kier alpha value is -3.50. The quantitative estimate of drug-likeness (QED) is 0.388. The number of likely N-dealkylation sites (tertiary alicyclic amines) is 2. The van der Waals surface area contributed by atoms with Crippen LogP contribution < -0.4 is 5.32 Å². The number of rotatable bonds is 10. The summed E-state index contributed by atoms with van der Waals surface area (Å²) in [6.45, 7) is 2.38. The Balaban J connectivity index is 1.30. The molecule has 0 saturated carbocycles. The summed E-state index contributed by atoms with van der Waals surface area (Å²) in [5.41, 5.74) is 2.90. The largest absolute Gasteiger partial charge is 0.350 e. The maximum atomic E-state index is 14.0. The summed E-state index contributed by atoms with van der Waals surface area (Å²) in [6, 6.07) is 8.67. The minimum atomic E-state index is -0.596. The Morgan fingerprint density at radius 1 is 1.14 bits per heavy atom. The van der Waals surface area contributed by atoms with Crippen molar-refractivity contribution in [1.82, 2.24) is 34.8 Å². The number of nitrogens with one attached hydrogen (secondary N) is 1. The van der Waals surface area contributed by atoms with Gasteiger partial charge in [-0.15, -0.1) is 0 Å². The molecule has 42 heavy (non-hydrogen) atoms. The Kier molecular flexibility index (Phi) is 9.43. The van der Waals surface area contributed by atoms with E-state index in [1.807, 2.05) is 67.5 Å². The van der Waals surface area contributed by atoms with E-state index in [1.54, 1.807) is 15.8 Å². The Morgan fingerprint density at radius 3 is 2.64 bits per heavy atom. The molecule has 2 fully saturated rings. The van der Waals surface area contributed by atoms with E-state index < -0.39 is 12.1 Å². The van der Waals surface area contributed by atoms with Crippen molar-refractivity contribution in [3.8, 4) is 0 Å². The highest BCUT2D eigenvalue weighted by Crippen LogP contribution is 2.29. The highest BCUT2D eigenvalue weighted by Gasteiger charge is 2.42. The number of aromatic nitrogens is 3. The number of hydrogen-bond acceptors (Lipinski definition) is 6. The van der Waals surface area contributed by atoms with Crippen molar-refractivity contribution in [3.05, 3.63) is 59.0 Å². The van der Waals surface area contributed by atoms with E-state index in [4.69, 9.17) is 11.6 Å². The van der Waals surface area contributed by atoms with Crippen molar-refractivity contribution < 1.29 is 14.4 Å². The summed E-state index contributed by atoms with van der Waals surface area (Å²) in [7, 11) is 5.56. The number of carbonyl (C=O) groups excluding carboxylic acids is 3. The molecule has 0 spiro atoms. The molecular weight excluding hydrogens is 554 g/mol. The molecule has 2 saturated heterocycles. The van der Waals surface area contributed by atoms with Gasteiger partial charge in [-0.1, -0.05) is 23.7 Å². The first kappa shape index (κ1) is 30.0. The van der Waals surface area contributed by atoms with Crippen LogP contribution in [0.1, 0.15) is 43.2 Å². The molecule has 10 nitrogen and oxygen atoms in total. The number of fused-ring (bicyclic) bond motifs is 1. The number of amides is 3. The van der Waals surface area contributed by atoms with Crippen LogP contribution in [0.5, 0.6) is 0 Å². The monoisotopic (exact) mass is 593 g/mol. The van der Waals surface area contributed by atoms with Crippen molar-refractivity contribution >= 4 is 40.2 Å². The van der Waals surface area contributed by atoms with Gasteiger partial charge in [0.15, 0.2) is 5.15 Å². The molecule has 4 heterocycles. The molecule has 1 aromatic carbocycles. The highest BCUT2D eigenvalue weighted by molar-refractivity contribution is 6.34. The minimum absolute atomic E-state index is 0.100. The van der Waals surface area contributed by atoms with Crippen LogP contribution in [-0.4, -0.2) is 93.0 Å². The van der Waals surface area contributed by atoms with Crippen molar-refractivity contribution in [3.63, 3.8) is 0 Å². The third kappa shape index (κ3) is 6.76. The van der Waals surface area contributed by atoms with Crippen molar-refractivity contribution in [2.45, 2.75) is 57.2 Å². The number of pyridine rings is 1. The number of benzene rings is 1. The van der Waals surface area contributed by atoms with E-state index in [0.29, 0.717) is 37.5 Å². The lowest BCUT2D eigenvalue weighted by Gasteiger charge is -2.31. The predicted octanol–water partition coefficient (Wildman–Crippen LogP) is 3.03. The fraction of sp³-hybridized carbons (Fsp3) is 0.516. The summed E-state index contributed by atoms with van der Waals surface area (Å²) in [4.78, 5) is 50.2.